The first kappa shape index (κ1) is 16.7. The minimum atomic E-state index is -0.260. The van der Waals surface area contributed by atoms with Crippen LogP contribution in [0.15, 0.2) is 0 Å². The fourth-order valence-electron chi connectivity index (χ4n) is 4.06. The van der Waals surface area contributed by atoms with Crippen LogP contribution in [0.25, 0.3) is 0 Å². The van der Waals surface area contributed by atoms with Gasteiger partial charge in [-0.15, -0.1) is 0 Å². The van der Waals surface area contributed by atoms with Crippen LogP contribution in [0.1, 0.15) is 45.4 Å². The van der Waals surface area contributed by atoms with Crippen LogP contribution in [-0.2, 0) is 4.74 Å². The highest BCUT2D eigenvalue weighted by molar-refractivity contribution is 5.14. The molecule has 4 nitrogen and oxygen atoms in total. The lowest BCUT2D eigenvalue weighted by Gasteiger charge is -2.32. The lowest BCUT2D eigenvalue weighted by atomic mass is 9.85. The van der Waals surface area contributed by atoms with Gasteiger partial charge in [-0.3, -0.25) is 5.32 Å². The first-order chi connectivity index (χ1) is 10.2. The maximum Gasteiger partial charge on any atom is 0.109 e. The third-order valence-electron chi connectivity index (χ3n) is 5.20. The largest absolute Gasteiger partial charge is 0.381 e. The Hall–Kier alpha value is -0.630. The molecule has 1 aliphatic carbocycles. The average Bonchev–Trinajstić information content (AvgIpc) is 2.90. The van der Waals surface area contributed by atoms with Crippen molar-refractivity contribution in [2.45, 2.75) is 51.0 Å². The molecule has 21 heavy (non-hydrogen) atoms. The Morgan fingerprint density at radius 2 is 2.24 bits per heavy atom. The third-order valence-corrected chi connectivity index (χ3v) is 5.20. The summed E-state index contributed by atoms with van der Waals surface area (Å²) in [4.78, 5) is 2.44. The molecule has 1 aliphatic heterocycles. The number of hydrogen-bond acceptors (Lipinski definition) is 4. The maximum atomic E-state index is 9.60. The summed E-state index contributed by atoms with van der Waals surface area (Å²) >= 11 is 0. The molecular weight excluding hydrogens is 262 g/mol. The van der Waals surface area contributed by atoms with Gasteiger partial charge in [0.05, 0.1) is 12.7 Å². The van der Waals surface area contributed by atoms with Crippen LogP contribution in [0, 0.1) is 23.2 Å². The van der Waals surface area contributed by atoms with Crippen molar-refractivity contribution in [3.63, 3.8) is 0 Å². The van der Waals surface area contributed by atoms with Crippen LogP contribution in [0.3, 0.4) is 0 Å². The molecule has 3 atom stereocenters. The Morgan fingerprint density at radius 3 is 2.90 bits per heavy atom. The van der Waals surface area contributed by atoms with E-state index in [1.807, 2.05) is 0 Å². The smallest absolute Gasteiger partial charge is 0.109 e. The minimum Gasteiger partial charge on any atom is -0.381 e. The standard InChI is InChI=1S/C17H31N3O/c1-3-19-17(14-18)9-4-7-16(17)8-10-20(2)12-15-6-5-11-21-13-15/h15-16,19H,3-13H2,1-2H3. The Balaban J connectivity index is 1.77. The van der Waals surface area contributed by atoms with Crippen molar-refractivity contribution in [2.75, 3.05) is 39.9 Å². The van der Waals surface area contributed by atoms with E-state index >= 15 is 0 Å². The summed E-state index contributed by atoms with van der Waals surface area (Å²) in [5.74, 6) is 1.20. The lowest BCUT2D eigenvalue weighted by Crippen LogP contribution is -2.47. The molecule has 0 aromatic heterocycles. The summed E-state index contributed by atoms with van der Waals surface area (Å²) < 4.78 is 5.56. The van der Waals surface area contributed by atoms with Gasteiger partial charge >= 0.3 is 0 Å². The quantitative estimate of drug-likeness (QED) is 0.783. The zero-order chi connectivity index (χ0) is 15.1. The van der Waals surface area contributed by atoms with Crippen molar-refractivity contribution in [2.24, 2.45) is 11.8 Å². The van der Waals surface area contributed by atoms with E-state index in [1.165, 1.54) is 25.7 Å². The molecule has 0 radical (unpaired) electrons. The number of hydrogen-bond donors (Lipinski definition) is 1. The van der Waals surface area contributed by atoms with Gasteiger partial charge in [0, 0.05) is 13.2 Å². The predicted octanol–water partition coefficient (Wildman–Crippen LogP) is 2.41. The molecule has 1 saturated heterocycles. The molecule has 0 bridgehead atoms. The zero-order valence-electron chi connectivity index (χ0n) is 13.7. The number of nitrogens with zero attached hydrogens (tertiary/aromatic N) is 2. The van der Waals surface area contributed by atoms with Crippen LogP contribution >= 0.6 is 0 Å². The van der Waals surface area contributed by atoms with Gasteiger partial charge in [-0.25, -0.2) is 0 Å². The fraction of sp³-hybridized carbons (Fsp3) is 0.941. The predicted molar refractivity (Wildman–Crippen MR) is 85.0 cm³/mol. The van der Waals surface area contributed by atoms with Crippen molar-refractivity contribution in [3.8, 4) is 6.07 Å². The van der Waals surface area contributed by atoms with E-state index in [1.54, 1.807) is 0 Å². The fourth-order valence-corrected chi connectivity index (χ4v) is 4.06. The first-order valence-corrected chi connectivity index (χ1v) is 8.62. The van der Waals surface area contributed by atoms with Crippen molar-refractivity contribution in [1.29, 1.82) is 5.26 Å². The second kappa shape index (κ2) is 8.12. The van der Waals surface area contributed by atoms with Crippen LogP contribution in [-0.4, -0.2) is 50.3 Å². The molecular formula is C17H31N3O. The monoisotopic (exact) mass is 293 g/mol. The Labute approximate surface area is 129 Å². The zero-order valence-corrected chi connectivity index (χ0v) is 13.7. The van der Waals surface area contributed by atoms with Gasteiger partial charge in [0.25, 0.3) is 0 Å². The molecule has 2 fully saturated rings. The van der Waals surface area contributed by atoms with Crippen LogP contribution in [0.5, 0.6) is 0 Å². The minimum absolute atomic E-state index is 0.260. The molecule has 0 amide bonds. The lowest BCUT2D eigenvalue weighted by molar-refractivity contribution is 0.0411. The van der Waals surface area contributed by atoms with E-state index in [9.17, 15) is 5.26 Å². The van der Waals surface area contributed by atoms with Crippen molar-refractivity contribution in [3.05, 3.63) is 0 Å². The molecule has 2 rings (SSSR count). The van der Waals surface area contributed by atoms with E-state index in [0.29, 0.717) is 11.8 Å². The summed E-state index contributed by atoms with van der Waals surface area (Å²) in [5.41, 5.74) is -0.260. The first-order valence-electron chi connectivity index (χ1n) is 8.62. The third kappa shape index (κ3) is 4.42. The van der Waals surface area contributed by atoms with Gasteiger partial charge in [-0.2, -0.15) is 5.26 Å². The molecule has 1 heterocycles. The van der Waals surface area contributed by atoms with E-state index in [-0.39, 0.29) is 5.54 Å². The topological polar surface area (TPSA) is 48.3 Å². The van der Waals surface area contributed by atoms with E-state index < -0.39 is 0 Å². The van der Waals surface area contributed by atoms with Gasteiger partial charge in [0.2, 0.25) is 0 Å². The Kier molecular flexibility index (Phi) is 6.47. The van der Waals surface area contributed by atoms with E-state index in [0.717, 1.165) is 45.7 Å². The number of ether oxygens (including phenoxy) is 1. The number of rotatable bonds is 7. The molecule has 0 aromatic carbocycles. The SMILES string of the molecule is CCNC1(C#N)CCCC1CCN(C)CC1CCCOC1. The molecule has 2 aliphatic rings. The normalized spacial score (nSPS) is 33.2. The maximum absolute atomic E-state index is 9.60. The summed E-state index contributed by atoms with van der Waals surface area (Å²) in [7, 11) is 2.21. The summed E-state index contributed by atoms with van der Waals surface area (Å²) in [5, 5.41) is 13.1. The highest BCUT2D eigenvalue weighted by Gasteiger charge is 2.42. The number of nitrogens with one attached hydrogen (secondary N) is 1. The van der Waals surface area contributed by atoms with Crippen LogP contribution in [0.2, 0.25) is 0 Å². The van der Waals surface area contributed by atoms with Crippen molar-refractivity contribution >= 4 is 0 Å². The molecule has 4 heteroatoms. The van der Waals surface area contributed by atoms with E-state index in [4.69, 9.17) is 4.74 Å². The molecule has 1 N–H and O–H groups in total. The van der Waals surface area contributed by atoms with Gasteiger partial charge < -0.3 is 9.64 Å². The second-order valence-corrected chi connectivity index (χ2v) is 6.84. The Morgan fingerprint density at radius 1 is 1.38 bits per heavy atom. The van der Waals surface area contributed by atoms with Gasteiger partial charge in [0.1, 0.15) is 5.54 Å². The van der Waals surface area contributed by atoms with Crippen LogP contribution in [0.4, 0.5) is 0 Å². The van der Waals surface area contributed by atoms with Gasteiger partial charge in [-0.05, 0) is 64.1 Å². The van der Waals surface area contributed by atoms with E-state index in [2.05, 4.69) is 30.3 Å². The summed E-state index contributed by atoms with van der Waals surface area (Å²) in [6.07, 6.45) is 7.03. The number of nitriles is 1. The van der Waals surface area contributed by atoms with Crippen molar-refractivity contribution in [1.82, 2.24) is 10.2 Å². The second-order valence-electron chi connectivity index (χ2n) is 6.84. The molecule has 0 aromatic rings. The molecule has 0 spiro atoms. The Bertz CT molecular complexity index is 348. The molecule has 1 saturated carbocycles. The van der Waals surface area contributed by atoms with Gasteiger partial charge in [0.15, 0.2) is 0 Å². The summed E-state index contributed by atoms with van der Waals surface area (Å²) in [6, 6.07) is 2.58. The van der Waals surface area contributed by atoms with Crippen LogP contribution < -0.4 is 5.32 Å². The highest BCUT2D eigenvalue weighted by atomic mass is 16.5. The van der Waals surface area contributed by atoms with Gasteiger partial charge in [-0.1, -0.05) is 13.3 Å². The highest BCUT2D eigenvalue weighted by Crippen LogP contribution is 2.37. The molecule has 120 valence electrons. The average molecular weight is 293 g/mol. The van der Waals surface area contributed by atoms with Crippen molar-refractivity contribution < 1.29 is 4.74 Å². The molecule has 3 unspecified atom stereocenters. The summed E-state index contributed by atoms with van der Waals surface area (Å²) in [6.45, 7) is 7.08.